The van der Waals surface area contributed by atoms with Crippen molar-refractivity contribution in [1.29, 1.82) is 5.26 Å². The largest absolute Gasteiger partial charge is 0.309 e. The number of hydrogen-bond acceptors (Lipinski definition) is 3. The molecule has 0 N–H and O–H groups in total. The van der Waals surface area contributed by atoms with Crippen molar-refractivity contribution in [3.05, 3.63) is 0 Å². The van der Waals surface area contributed by atoms with E-state index in [0.29, 0.717) is 0 Å². The highest BCUT2D eigenvalue weighted by Gasteiger charge is 2.23. The SMILES string of the molecule is CCC(C#N)N1CCC(CN(C)C)CC1. The molecule has 1 atom stereocenters. The van der Waals surface area contributed by atoms with E-state index in [1.807, 2.05) is 0 Å². The van der Waals surface area contributed by atoms with Crippen molar-refractivity contribution in [2.45, 2.75) is 32.2 Å². The molecule has 1 aliphatic rings. The average molecular weight is 209 g/mol. The van der Waals surface area contributed by atoms with Crippen molar-refractivity contribution in [3.8, 4) is 6.07 Å². The van der Waals surface area contributed by atoms with Crippen molar-refractivity contribution in [3.63, 3.8) is 0 Å². The van der Waals surface area contributed by atoms with E-state index in [2.05, 4.69) is 36.9 Å². The topological polar surface area (TPSA) is 30.3 Å². The van der Waals surface area contributed by atoms with E-state index in [1.165, 1.54) is 19.4 Å². The van der Waals surface area contributed by atoms with Crippen LogP contribution in [0.4, 0.5) is 0 Å². The molecule has 1 unspecified atom stereocenters. The molecular formula is C12H23N3. The van der Waals surface area contributed by atoms with Gasteiger partial charge in [0.2, 0.25) is 0 Å². The summed E-state index contributed by atoms with van der Waals surface area (Å²) in [5.41, 5.74) is 0. The summed E-state index contributed by atoms with van der Waals surface area (Å²) >= 11 is 0. The summed E-state index contributed by atoms with van der Waals surface area (Å²) in [6.45, 7) is 5.49. The molecule has 0 spiro atoms. The molecule has 15 heavy (non-hydrogen) atoms. The van der Waals surface area contributed by atoms with Crippen molar-refractivity contribution in [2.24, 2.45) is 5.92 Å². The minimum atomic E-state index is 0.144. The molecule has 0 aromatic carbocycles. The highest BCUT2D eigenvalue weighted by atomic mass is 15.2. The van der Waals surface area contributed by atoms with Gasteiger partial charge < -0.3 is 4.90 Å². The van der Waals surface area contributed by atoms with E-state index < -0.39 is 0 Å². The summed E-state index contributed by atoms with van der Waals surface area (Å²) in [7, 11) is 4.27. The zero-order valence-corrected chi connectivity index (χ0v) is 10.2. The molecule has 1 rings (SSSR count). The molecule has 0 bridgehead atoms. The molecule has 0 radical (unpaired) electrons. The number of piperidine rings is 1. The summed E-state index contributed by atoms with van der Waals surface area (Å²) in [6.07, 6.45) is 3.45. The fraction of sp³-hybridized carbons (Fsp3) is 0.917. The third kappa shape index (κ3) is 3.81. The van der Waals surface area contributed by atoms with Crippen LogP contribution in [0, 0.1) is 17.2 Å². The first-order valence-corrected chi connectivity index (χ1v) is 5.95. The summed E-state index contributed by atoms with van der Waals surface area (Å²) in [5, 5.41) is 8.99. The molecule has 0 amide bonds. The van der Waals surface area contributed by atoms with Crippen LogP contribution < -0.4 is 0 Å². The third-order valence-corrected chi connectivity index (χ3v) is 3.25. The molecule has 0 aliphatic carbocycles. The van der Waals surface area contributed by atoms with Gasteiger partial charge in [0, 0.05) is 6.54 Å². The maximum absolute atomic E-state index is 8.99. The van der Waals surface area contributed by atoms with Crippen LogP contribution in [-0.2, 0) is 0 Å². The summed E-state index contributed by atoms with van der Waals surface area (Å²) in [6, 6.07) is 2.54. The minimum Gasteiger partial charge on any atom is -0.309 e. The highest BCUT2D eigenvalue weighted by molar-refractivity contribution is 4.92. The lowest BCUT2D eigenvalue weighted by atomic mass is 9.95. The number of nitrogens with zero attached hydrogens (tertiary/aromatic N) is 3. The lowest BCUT2D eigenvalue weighted by Gasteiger charge is -2.35. The predicted octanol–water partition coefficient (Wildman–Crippen LogP) is 1.56. The van der Waals surface area contributed by atoms with Gasteiger partial charge in [-0.2, -0.15) is 5.26 Å². The lowest BCUT2D eigenvalue weighted by molar-refractivity contribution is 0.139. The van der Waals surface area contributed by atoms with Gasteiger partial charge in [0.15, 0.2) is 0 Å². The number of hydrogen-bond donors (Lipinski definition) is 0. The maximum atomic E-state index is 8.99. The smallest absolute Gasteiger partial charge is 0.0975 e. The maximum Gasteiger partial charge on any atom is 0.0975 e. The van der Waals surface area contributed by atoms with E-state index in [4.69, 9.17) is 5.26 Å². The van der Waals surface area contributed by atoms with Crippen LogP contribution in [0.1, 0.15) is 26.2 Å². The van der Waals surface area contributed by atoms with Gasteiger partial charge in [0.1, 0.15) is 0 Å². The zero-order valence-electron chi connectivity index (χ0n) is 10.2. The highest BCUT2D eigenvalue weighted by Crippen LogP contribution is 2.20. The average Bonchev–Trinajstić information content (AvgIpc) is 2.21. The Hall–Kier alpha value is -0.590. The molecule has 1 aliphatic heterocycles. The Labute approximate surface area is 93.7 Å². The molecule has 1 saturated heterocycles. The Bertz CT molecular complexity index is 211. The van der Waals surface area contributed by atoms with Gasteiger partial charge >= 0.3 is 0 Å². The van der Waals surface area contributed by atoms with Gasteiger partial charge in [-0.05, 0) is 52.4 Å². The van der Waals surface area contributed by atoms with E-state index in [1.54, 1.807) is 0 Å². The summed E-state index contributed by atoms with van der Waals surface area (Å²) < 4.78 is 0. The van der Waals surface area contributed by atoms with Gasteiger partial charge in [0.25, 0.3) is 0 Å². The number of rotatable bonds is 4. The number of likely N-dealkylation sites (tertiary alicyclic amines) is 1. The molecule has 3 nitrogen and oxygen atoms in total. The third-order valence-electron chi connectivity index (χ3n) is 3.25. The second-order valence-corrected chi connectivity index (χ2v) is 4.79. The van der Waals surface area contributed by atoms with Crippen LogP contribution >= 0.6 is 0 Å². The normalized spacial score (nSPS) is 21.5. The Morgan fingerprint density at radius 1 is 1.40 bits per heavy atom. The van der Waals surface area contributed by atoms with Crippen molar-refractivity contribution >= 4 is 0 Å². The fourth-order valence-corrected chi connectivity index (χ4v) is 2.39. The van der Waals surface area contributed by atoms with Crippen LogP contribution in [0.15, 0.2) is 0 Å². The predicted molar refractivity (Wildman–Crippen MR) is 62.5 cm³/mol. The van der Waals surface area contributed by atoms with Crippen molar-refractivity contribution in [2.75, 3.05) is 33.7 Å². The van der Waals surface area contributed by atoms with Crippen LogP contribution in [0.3, 0.4) is 0 Å². The zero-order chi connectivity index (χ0) is 11.3. The Morgan fingerprint density at radius 2 is 2.00 bits per heavy atom. The Morgan fingerprint density at radius 3 is 2.40 bits per heavy atom. The second-order valence-electron chi connectivity index (χ2n) is 4.79. The first-order chi connectivity index (χ1) is 7.17. The van der Waals surface area contributed by atoms with Gasteiger partial charge in [-0.1, -0.05) is 6.92 Å². The number of nitriles is 1. The van der Waals surface area contributed by atoms with E-state index >= 15 is 0 Å². The Kier molecular flexibility index (Phi) is 5.07. The van der Waals surface area contributed by atoms with Gasteiger partial charge in [-0.15, -0.1) is 0 Å². The van der Waals surface area contributed by atoms with Gasteiger partial charge in [0.05, 0.1) is 12.1 Å². The van der Waals surface area contributed by atoms with E-state index in [0.717, 1.165) is 25.4 Å². The first kappa shape index (κ1) is 12.5. The fourth-order valence-electron chi connectivity index (χ4n) is 2.39. The molecule has 86 valence electrons. The molecule has 0 aromatic rings. The molecule has 0 aromatic heterocycles. The quantitative estimate of drug-likeness (QED) is 0.704. The van der Waals surface area contributed by atoms with Crippen LogP contribution in [-0.4, -0.2) is 49.6 Å². The molecule has 0 saturated carbocycles. The van der Waals surface area contributed by atoms with Crippen molar-refractivity contribution < 1.29 is 0 Å². The van der Waals surface area contributed by atoms with Gasteiger partial charge in [-0.3, -0.25) is 4.90 Å². The monoisotopic (exact) mass is 209 g/mol. The van der Waals surface area contributed by atoms with E-state index in [9.17, 15) is 0 Å². The van der Waals surface area contributed by atoms with E-state index in [-0.39, 0.29) is 6.04 Å². The Balaban J connectivity index is 2.32. The summed E-state index contributed by atoms with van der Waals surface area (Å²) in [5.74, 6) is 0.826. The molecule has 3 heteroatoms. The molecular weight excluding hydrogens is 186 g/mol. The molecule has 1 heterocycles. The standard InChI is InChI=1S/C12H23N3/c1-4-12(9-13)15-7-5-11(6-8-15)10-14(2)3/h11-12H,4-8,10H2,1-3H3. The molecule has 1 fully saturated rings. The van der Waals surface area contributed by atoms with Crippen molar-refractivity contribution in [1.82, 2.24) is 9.80 Å². The van der Waals surface area contributed by atoms with Crippen LogP contribution in [0.2, 0.25) is 0 Å². The minimum absolute atomic E-state index is 0.144. The lowest BCUT2D eigenvalue weighted by Crippen LogP contribution is -2.42. The van der Waals surface area contributed by atoms with Gasteiger partial charge in [-0.25, -0.2) is 0 Å². The second kappa shape index (κ2) is 6.09. The van der Waals surface area contributed by atoms with Crippen LogP contribution in [0.5, 0.6) is 0 Å². The summed E-state index contributed by atoms with van der Waals surface area (Å²) in [4.78, 5) is 4.61. The first-order valence-electron chi connectivity index (χ1n) is 5.95. The van der Waals surface area contributed by atoms with Crippen LogP contribution in [0.25, 0.3) is 0 Å².